The molecule has 0 aromatic carbocycles. The van der Waals surface area contributed by atoms with Crippen LogP contribution in [0.5, 0.6) is 0 Å². The van der Waals surface area contributed by atoms with Crippen LogP contribution in [0.25, 0.3) is 0 Å². The summed E-state index contributed by atoms with van der Waals surface area (Å²) in [6.07, 6.45) is 1.79. The molecule has 0 aliphatic carbocycles. The zero-order valence-electron chi connectivity index (χ0n) is 7.63. The van der Waals surface area contributed by atoms with Crippen molar-refractivity contribution in [1.82, 2.24) is 5.32 Å². The summed E-state index contributed by atoms with van der Waals surface area (Å²) in [5, 5.41) is 3.40. The van der Waals surface area contributed by atoms with Gasteiger partial charge in [0.15, 0.2) is 0 Å². The summed E-state index contributed by atoms with van der Waals surface area (Å²) in [5.41, 5.74) is 1.38. The maximum absolute atomic E-state index is 5.30. The summed E-state index contributed by atoms with van der Waals surface area (Å²) in [4.78, 5) is 0. The van der Waals surface area contributed by atoms with Gasteiger partial charge in [-0.05, 0) is 31.0 Å². The molecule has 0 spiro atoms. The van der Waals surface area contributed by atoms with Gasteiger partial charge in [-0.3, -0.25) is 0 Å². The molecule has 1 aliphatic rings. The van der Waals surface area contributed by atoms with Crippen LogP contribution in [0.2, 0.25) is 0 Å². The van der Waals surface area contributed by atoms with E-state index < -0.39 is 0 Å². The van der Waals surface area contributed by atoms with Crippen LogP contribution in [-0.2, 0) is 0 Å². The lowest BCUT2D eigenvalue weighted by Crippen LogP contribution is -2.08. The molecule has 1 fully saturated rings. The lowest BCUT2D eigenvalue weighted by molar-refractivity contribution is 0.510. The second kappa shape index (κ2) is 2.94. The largest absolute Gasteiger partial charge is 0.469 e. The summed E-state index contributed by atoms with van der Waals surface area (Å²) >= 11 is 0. The molecule has 2 heterocycles. The first-order valence-electron chi connectivity index (χ1n) is 4.53. The predicted molar refractivity (Wildman–Crippen MR) is 48.2 cm³/mol. The van der Waals surface area contributed by atoms with Gasteiger partial charge in [-0.15, -0.1) is 0 Å². The molecule has 2 nitrogen and oxygen atoms in total. The molecule has 2 atom stereocenters. The molecule has 66 valence electrons. The average Bonchev–Trinajstić information content (AvgIpc) is 2.59. The van der Waals surface area contributed by atoms with Gasteiger partial charge < -0.3 is 9.73 Å². The number of hydrogen-bond acceptors (Lipinski definition) is 2. The molecule has 0 bridgehead atoms. The van der Waals surface area contributed by atoms with E-state index in [-0.39, 0.29) is 0 Å². The second-order valence-corrected chi connectivity index (χ2v) is 3.67. The van der Waals surface area contributed by atoms with E-state index in [4.69, 9.17) is 4.42 Å². The number of hydrogen-bond donors (Lipinski definition) is 1. The summed E-state index contributed by atoms with van der Waals surface area (Å²) < 4.78 is 5.30. The van der Waals surface area contributed by atoms with Gasteiger partial charge in [0.1, 0.15) is 5.76 Å². The highest BCUT2D eigenvalue weighted by Gasteiger charge is 2.26. The van der Waals surface area contributed by atoms with Gasteiger partial charge in [0.2, 0.25) is 0 Å². The minimum absolute atomic E-state index is 0.656. The van der Waals surface area contributed by atoms with Crippen LogP contribution >= 0.6 is 0 Å². The van der Waals surface area contributed by atoms with Crippen LogP contribution in [0, 0.1) is 12.8 Å². The fourth-order valence-corrected chi connectivity index (χ4v) is 2.01. The predicted octanol–water partition coefficient (Wildman–Crippen LogP) is 1.91. The Bertz CT molecular complexity index is 267. The standard InChI is InChI=1S/C10H15NO/c1-7-5-11-6-10(7)9-3-4-12-8(9)2/h3-4,7,10-11H,5-6H2,1-2H3. The highest BCUT2D eigenvalue weighted by atomic mass is 16.3. The molecule has 1 N–H and O–H groups in total. The van der Waals surface area contributed by atoms with Crippen molar-refractivity contribution in [2.75, 3.05) is 13.1 Å². The summed E-state index contributed by atoms with van der Waals surface area (Å²) in [6, 6.07) is 2.10. The zero-order valence-corrected chi connectivity index (χ0v) is 7.63. The van der Waals surface area contributed by atoms with E-state index in [2.05, 4.69) is 18.3 Å². The monoisotopic (exact) mass is 165 g/mol. The van der Waals surface area contributed by atoms with E-state index in [1.807, 2.05) is 6.92 Å². The Balaban J connectivity index is 2.24. The van der Waals surface area contributed by atoms with Gasteiger partial charge in [-0.1, -0.05) is 6.92 Å². The lowest BCUT2D eigenvalue weighted by Gasteiger charge is -2.12. The summed E-state index contributed by atoms with van der Waals surface area (Å²) in [7, 11) is 0. The van der Waals surface area contributed by atoms with E-state index in [9.17, 15) is 0 Å². The molecule has 2 unspecified atom stereocenters. The van der Waals surface area contributed by atoms with Gasteiger partial charge in [0, 0.05) is 12.5 Å². The molecule has 1 aliphatic heterocycles. The number of rotatable bonds is 1. The van der Waals surface area contributed by atoms with Gasteiger partial charge in [0.25, 0.3) is 0 Å². The van der Waals surface area contributed by atoms with Gasteiger partial charge >= 0.3 is 0 Å². The minimum Gasteiger partial charge on any atom is -0.469 e. The third-order valence-corrected chi connectivity index (χ3v) is 2.82. The SMILES string of the molecule is Cc1occc1C1CNCC1C. The Morgan fingerprint density at radius 3 is 2.83 bits per heavy atom. The molecular weight excluding hydrogens is 150 g/mol. The van der Waals surface area contributed by atoms with E-state index in [0.717, 1.165) is 24.8 Å². The van der Waals surface area contributed by atoms with Crippen LogP contribution < -0.4 is 5.32 Å². The van der Waals surface area contributed by atoms with Gasteiger partial charge in [-0.2, -0.15) is 0 Å². The Labute approximate surface area is 73.0 Å². The smallest absolute Gasteiger partial charge is 0.104 e. The van der Waals surface area contributed by atoms with Crippen LogP contribution in [-0.4, -0.2) is 13.1 Å². The average molecular weight is 165 g/mol. The molecule has 1 aromatic rings. The van der Waals surface area contributed by atoms with Crippen molar-refractivity contribution in [3.63, 3.8) is 0 Å². The molecule has 1 aromatic heterocycles. The van der Waals surface area contributed by atoms with Crippen LogP contribution in [0.4, 0.5) is 0 Å². The van der Waals surface area contributed by atoms with Gasteiger partial charge in [0.05, 0.1) is 6.26 Å². The summed E-state index contributed by atoms with van der Waals surface area (Å²) in [6.45, 7) is 6.56. The third-order valence-electron chi connectivity index (χ3n) is 2.82. The van der Waals surface area contributed by atoms with Crippen LogP contribution in [0.1, 0.15) is 24.2 Å². The number of aryl methyl sites for hydroxylation is 1. The topological polar surface area (TPSA) is 25.2 Å². The molecular formula is C10H15NO. The van der Waals surface area contributed by atoms with E-state index in [1.54, 1.807) is 6.26 Å². The fourth-order valence-electron chi connectivity index (χ4n) is 2.01. The maximum Gasteiger partial charge on any atom is 0.104 e. The first kappa shape index (κ1) is 7.87. The molecule has 2 rings (SSSR count). The minimum atomic E-state index is 0.656. The Morgan fingerprint density at radius 1 is 1.50 bits per heavy atom. The molecule has 0 amide bonds. The van der Waals surface area contributed by atoms with Crippen molar-refractivity contribution < 1.29 is 4.42 Å². The molecule has 0 radical (unpaired) electrons. The highest BCUT2D eigenvalue weighted by Crippen LogP contribution is 2.30. The molecule has 12 heavy (non-hydrogen) atoms. The second-order valence-electron chi connectivity index (χ2n) is 3.67. The van der Waals surface area contributed by atoms with Crippen molar-refractivity contribution in [1.29, 1.82) is 0 Å². The van der Waals surface area contributed by atoms with Gasteiger partial charge in [-0.25, -0.2) is 0 Å². The third kappa shape index (κ3) is 1.16. The first-order valence-corrected chi connectivity index (χ1v) is 4.53. The first-order chi connectivity index (χ1) is 5.79. The fraction of sp³-hybridized carbons (Fsp3) is 0.600. The number of furan rings is 1. The Morgan fingerprint density at radius 2 is 2.33 bits per heavy atom. The van der Waals surface area contributed by atoms with Crippen LogP contribution in [0.3, 0.4) is 0 Å². The molecule has 0 saturated carbocycles. The van der Waals surface area contributed by atoms with E-state index in [1.165, 1.54) is 5.56 Å². The summed E-state index contributed by atoms with van der Waals surface area (Å²) in [5.74, 6) is 2.47. The molecule has 2 heteroatoms. The van der Waals surface area contributed by atoms with E-state index in [0.29, 0.717) is 5.92 Å². The quantitative estimate of drug-likeness (QED) is 0.687. The van der Waals surface area contributed by atoms with Crippen molar-refractivity contribution in [3.8, 4) is 0 Å². The van der Waals surface area contributed by atoms with Crippen molar-refractivity contribution in [3.05, 3.63) is 23.7 Å². The van der Waals surface area contributed by atoms with Crippen LogP contribution in [0.15, 0.2) is 16.7 Å². The lowest BCUT2D eigenvalue weighted by atomic mass is 9.91. The molecule has 1 saturated heterocycles. The van der Waals surface area contributed by atoms with Crippen molar-refractivity contribution >= 4 is 0 Å². The van der Waals surface area contributed by atoms with Crippen molar-refractivity contribution in [2.45, 2.75) is 19.8 Å². The highest BCUT2D eigenvalue weighted by molar-refractivity contribution is 5.23. The Hall–Kier alpha value is -0.760. The zero-order chi connectivity index (χ0) is 8.55. The van der Waals surface area contributed by atoms with Crippen molar-refractivity contribution in [2.24, 2.45) is 5.92 Å². The van der Waals surface area contributed by atoms with E-state index >= 15 is 0 Å². The maximum atomic E-state index is 5.30. The number of nitrogens with one attached hydrogen (secondary N) is 1. The Kier molecular flexibility index (Phi) is 1.93. The normalized spacial score (nSPS) is 29.5.